The largest absolute Gasteiger partial charge is 0.493 e. The standard InChI is InChI=1S/C14H19NO4/c1-9(2)8-15-14(16)10-6-11(17-3)13(19-5)12(7-10)18-4/h6-7H,1,8H2,2-5H3,(H,15,16). The van der Waals surface area contributed by atoms with Crippen LogP contribution in [0.15, 0.2) is 24.3 Å². The molecular weight excluding hydrogens is 246 g/mol. The van der Waals surface area contributed by atoms with Crippen molar-refractivity contribution in [2.24, 2.45) is 0 Å². The van der Waals surface area contributed by atoms with Crippen LogP contribution >= 0.6 is 0 Å². The average molecular weight is 265 g/mol. The number of nitrogens with one attached hydrogen (secondary N) is 1. The Morgan fingerprint density at radius 2 is 1.68 bits per heavy atom. The quantitative estimate of drug-likeness (QED) is 0.799. The molecule has 0 radical (unpaired) electrons. The lowest BCUT2D eigenvalue weighted by atomic mass is 10.1. The van der Waals surface area contributed by atoms with E-state index in [0.717, 1.165) is 5.57 Å². The molecule has 0 saturated heterocycles. The lowest BCUT2D eigenvalue weighted by Crippen LogP contribution is -2.24. The van der Waals surface area contributed by atoms with Gasteiger partial charge < -0.3 is 19.5 Å². The van der Waals surface area contributed by atoms with Crippen LogP contribution in [-0.2, 0) is 0 Å². The van der Waals surface area contributed by atoms with Gasteiger partial charge in [0.05, 0.1) is 21.3 Å². The molecule has 5 nitrogen and oxygen atoms in total. The molecule has 0 aliphatic rings. The molecular formula is C14H19NO4. The minimum absolute atomic E-state index is 0.220. The first-order valence-electron chi connectivity index (χ1n) is 5.76. The molecule has 5 heteroatoms. The second-order valence-corrected chi connectivity index (χ2v) is 4.05. The highest BCUT2D eigenvalue weighted by Crippen LogP contribution is 2.38. The molecule has 104 valence electrons. The van der Waals surface area contributed by atoms with Crippen LogP contribution in [0.3, 0.4) is 0 Å². The number of benzene rings is 1. The second-order valence-electron chi connectivity index (χ2n) is 4.05. The summed E-state index contributed by atoms with van der Waals surface area (Å²) >= 11 is 0. The zero-order valence-electron chi connectivity index (χ0n) is 11.7. The van der Waals surface area contributed by atoms with E-state index in [1.54, 1.807) is 12.1 Å². The monoisotopic (exact) mass is 265 g/mol. The molecule has 0 saturated carbocycles. The molecule has 19 heavy (non-hydrogen) atoms. The van der Waals surface area contributed by atoms with Crippen LogP contribution in [0, 0.1) is 0 Å². The fourth-order valence-electron chi connectivity index (χ4n) is 1.55. The molecule has 0 heterocycles. The molecule has 0 unspecified atom stereocenters. The summed E-state index contributed by atoms with van der Waals surface area (Å²) in [6.45, 7) is 6.00. The summed E-state index contributed by atoms with van der Waals surface area (Å²) in [5.41, 5.74) is 1.32. The highest BCUT2D eigenvalue weighted by Gasteiger charge is 2.16. The van der Waals surface area contributed by atoms with Crippen LogP contribution in [-0.4, -0.2) is 33.8 Å². The van der Waals surface area contributed by atoms with Crippen molar-refractivity contribution in [3.05, 3.63) is 29.8 Å². The van der Waals surface area contributed by atoms with Crippen LogP contribution in [0.2, 0.25) is 0 Å². The summed E-state index contributed by atoms with van der Waals surface area (Å²) in [5, 5.41) is 2.75. The Morgan fingerprint density at radius 1 is 1.16 bits per heavy atom. The smallest absolute Gasteiger partial charge is 0.251 e. The highest BCUT2D eigenvalue weighted by atomic mass is 16.5. The van der Waals surface area contributed by atoms with Crippen molar-refractivity contribution in [1.82, 2.24) is 5.32 Å². The van der Waals surface area contributed by atoms with Gasteiger partial charge in [-0.15, -0.1) is 0 Å². The normalized spacial score (nSPS) is 9.68. The van der Waals surface area contributed by atoms with E-state index in [9.17, 15) is 4.79 Å². The Bertz CT molecular complexity index is 457. The third-order valence-electron chi connectivity index (χ3n) is 2.48. The number of carbonyl (C=O) groups is 1. The first kappa shape index (κ1) is 14.9. The van der Waals surface area contributed by atoms with Gasteiger partial charge in [0.25, 0.3) is 5.91 Å². The fraction of sp³-hybridized carbons (Fsp3) is 0.357. The van der Waals surface area contributed by atoms with E-state index in [2.05, 4.69) is 11.9 Å². The van der Waals surface area contributed by atoms with Crippen LogP contribution in [0.25, 0.3) is 0 Å². The van der Waals surface area contributed by atoms with Gasteiger partial charge in [-0.25, -0.2) is 0 Å². The molecule has 1 rings (SSSR count). The minimum Gasteiger partial charge on any atom is -0.493 e. The van der Waals surface area contributed by atoms with Crippen molar-refractivity contribution >= 4 is 5.91 Å². The molecule has 0 bridgehead atoms. The van der Waals surface area contributed by atoms with Crippen LogP contribution < -0.4 is 19.5 Å². The SMILES string of the molecule is C=C(C)CNC(=O)c1cc(OC)c(OC)c(OC)c1. The topological polar surface area (TPSA) is 56.8 Å². The van der Waals surface area contributed by atoms with E-state index in [0.29, 0.717) is 29.4 Å². The van der Waals surface area contributed by atoms with Gasteiger partial charge in [0.1, 0.15) is 0 Å². The molecule has 1 aromatic carbocycles. The Balaban J connectivity index is 3.08. The van der Waals surface area contributed by atoms with E-state index in [-0.39, 0.29) is 5.91 Å². The predicted octanol–water partition coefficient (Wildman–Crippen LogP) is 2.02. The lowest BCUT2D eigenvalue weighted by Gasteiger charge is -2.14. The summed E-state index contributed by atoms with van der Waals surface area (Å²) in [7, 11) is 4.53. The van der Waals surface area contributed by atoms with Gasteiger partial charge in [-0.1, -0.05) is 12.2 Å². The third kappa shape index (κ3) is 3.64. The number of hydrogen-bond donors (Lipinski definition) is 1. The molecule has 1 amide bonds. The van der Waals surface area contributed by atoms with Crippen molar-refractivity contribution in [2.45, 2.75) is 6.92 Å². The van der Waals surface area contributed by atoms with Gasteiger partial charge in [0.15, 0.2) is 11.5 Å². The summed E-state index contributed by atoms with van der Waals surface area (Å²) < 4.78 is 15.6. The van der Waals surface area contributed by atoms with E-state index >= 15 is 0 Å². The van der Waals surface area contributed by atoms with Crippen molar-refractivity contribution in [1.29, 1.82) is 0 Å². The van der Waals surface area contributed by atoms with Crippen LogP contribution in [0.5, 0.6) is 17.2 Å². The maximum Gasteiger partial charge on any atom is 0.251 e. The molecule has 1 aromatic rings. The average Bonchev–Trinajstić information content (AvgIpc) is 2.42. The molecule has 0 atom stereocenters. The van der Waals surface area contributed by atoms with Crippen LogP contribution in [0.4, 0.5) is 0 Å². The molecule has 0 aliphatic carbocycles. The molecule has 0 fully saturated rings. The maximum absolute atomic E-state index is 12.0. The van der Waals surface area contributed by atoms with Gasteiger partial charge in [-0.05, 0) is 19.1 Å². The fourth-order valence-corrected chi connectivity index (χ4v) is 1.55. The maximum atomic E-state index is 12.0. The lowest BCUT2D eigenvalue weighted by molar-refractivity contribution is 0.0956. The zero-order valence-corrected chi connectivity index (χ0v) is 11.7. The minimum atomic E-state index is -0.220. The van der Waals surface area contributed by atoms with Crippen molar-refractivity contribution < 1.29 is 19.0 Å². The number of amides is 1. The Morgan fingerprint density at radius 3 is 2.05 bits per heavy atom. The van der Waals surface area contributed by atoms with Crippen molar-refractivity contribution in [3.63, 3.8) is 0 Å². The number of carbonyl (C=O) groups excluding carboxylic acids is 1. The van der Waals surface area contributed by atoms with E-state index in [1.807, 2.05) is 6.92 Å². The van der Waals surface area contributed by atoms with Gasteiger partial charge in [0.2, 0.25) is 5.75 Å². The van der Waals surface area contributed by atoms with Gasteiger partial charge in [-0.3, -0.25) is 4.79 Å². The van der Waals surface area contributed by atoms with Gasteiger partial charge >= 0.3 is 0 Å². The molecule has 0 aliphatic heterocycles. The van der Waals surface area contributed by atoms with E-state index < -0.39 is 0 Å². The number of ether oxygens (including phenoxy) is 3. The summed E-state index contributed by atoms with van der Waals surface area (Å²) in [6.07, 6.45) is 0. The van der Waals surface area contributed by atoms with Crippen LogP contribution in [0.1, 0.15) is 17.3 Å². The van der Waals surface area contributed by atoms with E-state index in [4.69, 9.17) is 14.2 Å². The summed E-state index contributed by atoms with van der Waals surface area (Å²) in [5.74, 6) is 1.13. The first-order valence-corrected chi connectivity index (χ1v) is 5.76. The van der Waals surface area contributed by atoms with Crippen molar-refractivity contribution in [2.75, 3.05) is 27.9 Å². The van der Waals surface area contributed by atoms with Crippen molar-refractivity contribution in [3.8, 4) is 17.2 Å². The number of methoxy groups -OCH3 is 3. The second kappa shape index (κ2) is 6.68. The zero-order chi connectivity index (χ0) is 14.4. The van der Waals surface area contributed by atoms with Gasteiger partial charge in [0, 0.05) is 12.1 Å². The van der Waals surface area contributed by atoms with Gasteiger partial charge in [-0.2, -0.15) is 0 Å². The summed E-state index contributed by atoms with van der Waals surface area (Å²) in [6, 6.07) is 3.21. The molecule has 1 N–H and O–H groups in total. The highest BCUT2D eigenvalue weighted by molar-refractivity contribution is 5.95. The third-order valence-corrected chi connectivity index (χ3v) is 2.48. The predicted molar refractivity (Wildman–Crippen MR) is 73.2 cm³/mol. The summed E-state index contributed by atoms with van der Waals surface area (Å²) in [4.78, 5) is 12.0. The number of hydrogen-bond acceptors (Lipinski definition) is 4. The molecule has 0 aromatic heterocycles. The Labute approximate surface area is 113 Å². The number of rotatable bonds is 6. The first-order chi connectivity index (χ1) is 9.03. The Hall–Kier alpha value is -2.17. The Kier molecular flexibility index (Phi) is 5.23. The van der Waals surface area contributed by atoms with E-state index in [1.165, 1.54) is 21.3 Å². The molecule has 0 spiro atoms.